The van der Waals surface area contributed by atoms with E-state index in [9.17, 15) is 4.79 Å². The Bertz CT molecular complexity index is 623. The molecule has 1 aromatic carbocycles. The molecule has 1 amide bonds. The zero-order valence-corrected chi connectivity index (χ0v) is 14.5. The minimum atomic E-state index is -0.394. The first-order valence-corrected chi connectivity index (χ1v) is 8.10. The van der Waals surface area contributed by atoms with E-state index in [0.29, 0.717) is 25.9 Å². The first-order chi connectivity index (χ1) is 11.7. The van der Waals surface area contributed by atoms with Crippen LogP contribution < -0.4 is 0 Å². The monoisotopic (exact) mass is 331 g/mol. The number of aryl methyl sites for hydroxylation is 1. The number of ether oxygens (including phenoxy) is 2. The molecule has 6 nitrogen and oxygen atoms in total. The molecule has 2 aromatic rings. The highest BCUT2D eigenvalue weighted by Gasteiger charge is 2.17. The third-order valence-corrected chi connectivity index (χ3v) is 3.91. The van der Waals surface area contributed by atoms with Crippen molar-refractivity contribution in [1.82, 2.24) is 14.7 Å². The number of para-hydroxylation sites is 1. The van der Waals surface area contributed by atoms with Crippen molar-refractivity contribution < 1.29 is 14.3 Å². The van der Waals surface area contributed by atoms with Crippen molar-refractivity contribution in [1.29, 1.82) is 0 Å². The number of rotatable bonds is 9. The lowest BCUT2D eigenvalue weighted by atomic mass is 10.2. The van der Waals surface area contributed by atoms with E-state index in [2.05, 4.69) is 5.10 Å². The van der Waals surface area contributed by atoms with Gasteiger partial charge in [-0.3, -0.25) is 4.79 Å². The highest BCUT2D eigenvalue weighted by Crippen LogP contribution is 2.10. The third kappa shape index (κ3) is 4.91. The molecule has 1 aromatic heterocycles. The number of aromatic nitrogens is 2. The fourth-order valence-corrected chi connectivity index (χ4v) is 2.45. The van der Waals surface area contributed by atoms with Crippen molar-refractivity contribution in [2.45, 2.75) is 26.1 Å². The van der Waals surface area contributed by atoms with Crippen molar-refractivity contribution in [3.8, 4) is 5.69 Å². The molecular weight excluding hydrogens is 306 g/mol. The summed E-state index contributed by atoms with van der Waals surface area (Å²) in [7, 11) is 3.15. The number of likely N-dealkylation sites (N-methyl/N-ethyl adjacent to an activating group) is 1. The predicted octanol–water partition coefficient (Wildman–Crippen LogP) is 2.27. The SMILES string of the molecule is CCN(CC(OC)OC)C(=O)CCc1cnn(-c2ccccc2)c1. The summed E-state index contributed by atoms with van der Waals surface area (Å²) in [5.41, 5.74) is 2.05. The molecule has 0 saturated carbocycles. The molecule has 0 unspecified atom stereocenters. The van der Waals surface area contributed by atoms with Crippen molar-refractivity contribution in [2.24, 2.45) is 0 Å². The summed E-state index contributed by atoms with van der Waals surface area (Å²) >= 11 is 0. The molecule has 0 bridgehead atoms. The highest BCUT2D eigenvalue weighted by atomic mass is 16.7. The summed E-state index contributed by atoms with van der Waals surface area (Å²) < 4.78 is 12.2. The molecule has 6 heteroatoms. The van der Waals surface area contributed by atoms with E-state index in [4.69, 9.17) is 9.47 Å². The van der Waals surface area contributed by atoms with E-state index < -0.39 is 6.29 Å². The van der Waals surface area contributed by atoms with Crippen LogP contribution in [0.4, 0.5) is 0 Å². The number of carbonyl (C=O) groups excluding carboxylic acids is 1. The third-order valence-electron chi connectivity index (χ3n) is 3.91. The van der Waals surface area contributed by atoms with Gasteiger partial charge in [0.25, 0.3) is 0 Å². The van der Waals surface area contributed by atoms with Crippen LogP contribution >= 0.6 is 0 Å². The van der Waals surface area contributed by atoms with Crippen molar-refractivity contribution in [3.05, 3.63) is 48.3 Å². The average Bonchev–Trinajstić information content (AvgIpc) is 3.10. The van der Waals surface area contributed by atoms with Crippen molar-refractivity contribution in [3.63, 3.8) is 0 Å². The minimum absolute atomic E-state index is 0.0871. The maximum atomic E-state index is 12.4. The Kier molecular flexibility index (Phi) is 6.96. The van der Waals surface area contributed by atoms with Gasteiger partial charge < -0.3 is 14.4 Å². The number of hydrogen-bond donors (Lipinski definition) is 0. The van der Waals surface area contributed by atoms with E-state index >= 15 is 0 Å². The van der Waals surface area contributed by atoms with Crippen LogP contribution in [0.25, 0.3) is 5.69 Å². The highest BCUT2D eigenvalue weighted by molar-refractivity contribution is 5.76. The molecule has 0 atom stereocenters. The summed E-state index contributed by atoms with van der Waals surface area (Å²) in [5, 5.41) is 4.36. The number of nitrogens with zero attached hydrogens (tertiary/aromatic N) is 3. The lowest BCUT2D eigenvalue weighted by Gasteiger charge is -2.25. The topological polar surface area (TPSA) is 56.6 Å². The maximum absolute atomic E-state index is 12.4. The molecule has 0 fully saturated rings. The first-order valence-electron chi connectivity index (χ1n) is 8.10. The van der Waals surface area contributed by atoms with Gasteiger partial charge in [0.2, 0.25) is 5.91 Å². The second kappa shape index (κ2) is 9.20. The minimum Gasteiger partial charge on any atom is -0.354 e. The number of hydrogen-bond acceptors (Lipinski definition) is 4. The number of amides is 1. The van der Waals surface area contributed by atoms with E-state index in [0.717, 1.165) is 11.3 Å². The first kappa shape index (κ1) is 18.2. The fraction of sp³-hybridized carbons (Fsp3) is 0.444. The average molecular weight is 331 g/mol. The van der Waals surface area contributed by atoms with Crippen LogP contribution in [-0.2, 0) is 20.7 Å². The second-order valence-corrected chi connectivity index (χ2v) is 5.46. The maximum Gasteiger partial charge on any atom is 0.223 e. The van der Waals surface area contributed by atoms with Crippen LogP contribution in [0.5, 0.6) is 0 Å². The van der Waals surface area contributed by atoms with Gasteiger partial charge in [-0.15, -0.1) is 0 Å². The van der Waals surface area contributed by atoms with Gasteiger partial charge in [-0.2, -0.15) is 5.10 Å². The molecule has 0 spiro atoms. The van der Waals surface area contributed by atoms with Crippen molar-refractivity contribution in [2.75, 3.05) is 27.3 Å². The summed E-state index contributed by atoms with van der Waals surface area (Å²) in [6, 6.07) is 9.91. The van der Waals surface area contributed by atoms with Crippen molar-refractivity contribution >= 4 is 5.91 Å². The van der Waals surface area contributed by atoms with Gasteiger partial charge >= 0.3 is 0 Å². The van der Waals surface area contributed by atoms with Gasteiger partial charge in [0.1, 0.15) is 0 Å². The molecule has 0 N–H and O–H groups in total. The molecule has 1 heterocycles. The van der Waals surface area contributed by atoms with Crippen LogP contribution in [0.2, 0.25) is 0 Å². The fourth-order valence-electron chi connectivity index (χ4n) is 2.45. The molecule has 0 aliphatic carbocycles. The summed E-state index contributed by atoms with van der Waals surface area (Å²) in [4.78, 5) is 14.1. The summed E-state index contributed by atoms with van der Waals surface area (Å²) in [6.45, 7) is 3.02. The Hall–Kier alpha value is -2.18. The molecule has 0 saturated heterocycles. The molecule has 2 rings (SSSR count). The summed E-state index contributed by atoms with van der Waals surface area (Å²) in [6.07, 6.45) is 4.48. The van der Waals surface area contributed by atoms with E-state index in [1.807, 2.05) is 54.3 Å². The van der Waals surface area contributed by atoms with Crippen LogP contribution in [-0.4, -0.2) is 54.2 Å². The van der Waals surface area contributed by atoms with Gasteiger partial charge in [-0.05, 0) is 31.0 Å². The normalized spacial score (nSPS) is 11.0. The Morgan fingerprint density at radius 3 is 2.58 bits per heavy atom. The summed E-state index contributed by atoms with van der Waals surface area (Å²) in [5.74, 6) is 0.0871. The lowest BCUT2D eigenvalue weighted by Crippen LogP contribution is -2.38. The Labute approximate surface area is 143 Å². The van der Waals surface area contributed by atoms with Gasteiger partial charge in [0.15, 0.2) is 6.29 Å². The number of methoxy groups -OCH3 is 2. The van der Waals surface area contributed by atoms with Crippen LogP contribution in [0, 0.1) is 0 Å². The smallest absolute Gasteiger partial charge is 0.223 e. The Balaban J connectivity index is 1.90. The predicted molar refractivity (Wildman–Crippen MR) is 91.9 cm³/mol. The molecule has 24 heavy (non-hydrogen) atoms. The van der Waals surface area contributed by atoms with Gasteiger partial charge in [0, 0.05) is 33.4 Å². The van der Waals surface area contributed by atoms with Crippen LogP contribution in [0.1, 0.15) is 18.9 Å². The Morgan fingerprint density at radius 1 is 1.25 bits per heavy atom. The quantitative estimate of drug-likeness (QED) is 0.662. The van der Waals surface area contributed by atoms with E-state index in [1.54, 1.807) is 19.1 Å². The number of carbonyl (C=O) groups is 1. The molecule has 130 valence electrons. The number of benzene rings is 1. The van der Waals surface area contributed by atoms with Gasteiger partial charge in [-0.1, -0.05) is 18.2 Å². The zero-order chi connectivity index (χ0) is 17.4. The lowest BCUT2D eigenvalue weighted by molar-refractivity contribution is -0.145. The van der Waals surface area contributed by atoms with Crippen LogP contribution in [0.15, 0.2) is 42.7 Å². The van der Waals surface area contributed by atoms with Gasteiger partial charge in [0.05, 0.1) is 18.4 Å². The van der Waals surface area contributed by atoms with E-state index in [-0.39, 0.29) is 5.91 Å². The molecule has 0 radical (unpaired) electrons. The van der Waals surface area contributed by atoms with Crippen LogP contribution in [0.3, 0.4) is 0 Å². The molecule has 0 aliphatic rings. The second-order valence-electron chi connectivity index (χ2n) is 5.46. The molecule has 0 aliphatic heterocycles. The van der Waals surface area contributed by atoms with E-state index in [1.165, 1.54) is 0 Å². The van der Waals surface area contributed by atoms with Gasteiger partial charge in [-0.25, -0.2) is 4.68 Å². The largest absolute Gasteiger partial charge is 0.354 e. The Morgan fingerprint density at radius 2 is 1.96 bits per heavy atom. The standard InChI is InChI=1S/C18H25N3O3/c1-4-20(14-18(23-2)24-3)17(22)11-10-15-12-19-21(13-15)16-8-6-5-7-9-16/h5-9,12-13,18H,4,10-11,14H2,1-3H3. The molecular formula is C18H25N3O3. The zero-order valence-electron chi connectivity index (χ0n) is 14.5.